The van der Waals surface area contributed by atoms with E-state index in [0.29, 0.717) is 5.82 Å². The topological polar surface area (TPSA) is 86.2 Å². The molecule has 5 N–H and O–H groups in total. The largest absolute Gasteiger partial charge is 0.383 e. The third-order valence-electron chi connectivity index (χ3n) is 3.69. The van der Waals surface area contributed by atoms with Crippen LogP contribution >= 0.6 is 0 Å². The molecular weight excluding hydrogens is 228 g/mol. The van der Waals surface area contributed by atoms with Crippen molar-refractivity contribution in [2.24, 2.45) is 5.84 Å². The summed E-state index contributed by atoms with van der Waals surface area (Å²) in [5.41, 5.74) is 10.4. The fourth-order valence-corrected chi connectivity index (χ4v) is 2.42. The maximum Gasteiger partial charge on any atom is 0.128 e. The minimum Gasteiger partial charge on any atom is -0.383 e. The number of anilines is 1. The highest BCUT2D eigenvalue weighted by Gasteiger charge is 2.37. The van der Waals surface area contributed by atoms with Crippen LogP contribution < -0.4 is 17.0 Å². The summed E-state index contributed by atoms with van der Waals surface area (Å²) in [6, 6.07) is 1.83. The van der Waals surface area contributed by atoms with Crippen molar-refractivity contribution >= 4 is 5.82 Å². The molecule has 0 amide bonds. The summed E-state index contributed by atoms with van der Waals surface area (Å²) in [6.45, 7) is 6.14. The van der Waals surface area contributed by atoms with Gasteiger partial charge < -0.3 is 10.5 Å². The maximum atomic E-state index is 5.96. The van der Waals surface area contributed by atoms with Crippen molar-refractivity contribution in [3.05, 3.63) is 23.4 Å². The molecule has 0 saturated heterocycles. The van der Waals surface area contributed by atoms with Gasteiger partial charge in [0.2, 0.25) is 0 Å². The van der Waals surface area contributed by atoms with E-state index in [1.54, 1.807) is 13.3 Å². The summed E-state index contributed by atoms with van der Waals surface area (Å²) >= 11 is 0. The Morgan fingerprint density at radius 2 is 2.06 bits per heavy atom. The molecule has 0 aliphatic carbocycles. The molecule has 5 nitrogen and oxygen atoms in total. The molecule has 0 aromatic carbocycles. The van der Waals surface area contributed by atoms with Crippen LogP contribution in [0.15, 0.2) is 12.3 Å². The van der Waals surface area contributed by atoms with E-state index in [1.807, 2.05) is 13.0 Å². The van der Waals surface area contributed by atoms with E-state index < -0.39 is 0 Å². The molecule has 1 aromatic heterocycles. The monoisotopic (exact) mass is 252 g/mol. The first-order valence-corrected chi connectivity index (χ1v) is 6.27. The molecule has 0 radical (unpaired) electrons. The Morgan fingerprint density at radius 3 is 2.50 bits per heavy atom. The molecule has 18 heavy (non-hydrogen) atoms. The minimum atomic E-state index is -0.377. The molecule has 1 unspecified atom stereocenters. The average Bonchev–Trinajstić information content (AvgIpc) is 2.39. The highest BCUT2D eigenvalue weighted by Crippen LogP contribution is 2.36. The normalized spacial score (nSPS) is 13.6. The zero-order chi connectivity index (χ0) is 13.8. The third-order valence-corrected chi connectivity index (χ3v) is 3.69. The molecule has 1 rings (SSSR count). The Kier molecular flexibility index (Phi) is 5.07. The lowest BCUT2D eigenvalue weighted by Gasteiger charge is -2.38. The zero-order valence-corrected chi connectivity index (χ0v) is 11.7. The maximum absolute atomic E-state index is 5.96. The van der Waals surface area contributed by atoms with Crippen molar-refractivity contribution < 1.29 is 4.74 Å². The number of nitrogens with one attached hydrogen (secondary N) is 1. The molecule has 1 heterocycles. The number of aryl methyl sites for hydroxylation is 1. The van der Waals surface area contributed by atoms with E-state index in [9.17, 15) is 0 Å². The minimum absolute atomic E-state index is 0.176. The van der Waals surface area contributed by atoms with Gasteiger partial charge in [0.05, 0.1) is 11.6 Å². The lowest BCUT2D eigenvalue weighted by atomic mass is 9.84. The van der Waals surface area contributed by atoms with Crippen LogP contribution in [-0.2, 0) is 4.74 Å². The van der Waals surface area contributed by atoms with E-state index in [2.05, 4.69) is 24.3 Å². The van der Waals surface area contributed by atoms with Gasteiger partial charge in [-0.1, -0.05) is 13.8 Å². The van der Waals surface area contributed by atoms with Crippen molar-refractivity contribution in [1.29, 1.82) is 0 Å². The van der Waals surface area contributed by atoms with Gasteiger partial charge in [0.15, 0.2) is 0 Å². The van der Waals surface area contributed by atoms with Gasteiger partial charge in [-0.3, -0.25) is 5.84 Å². The number of rotatable bonds is 6. The molecular formula is C13H24N4O. The summed E-state index contributed by atoms with van der Waals surface area (Å²) in [7, 11) is 1.71. The Balaban J connectivity index is 3.27. The quantitative estimate of drug-likeness (QED) is 0.530. The molecule has 0 bridgehead atoms. The molecule has 0 fully saturated rings. The number of nitrogens with two attached hydrogens (primary N) is 2. The van der Waals surface area contributed by atoms with Crippen LogP contribution in [-0.4, -0.2) is 17.7 Å². The molecule has 102 valence electrons. The van der Waals surface area contributed by atoms with Gasteiger partial charge >= 0.3 is 0 Å². The van der Waals surface area contributed by atoms with Gasteiger partial charge in [0.1, 0.15) is 5.82 Å². The lowest BCUT2D eigenvalue weighted by molar-refractivity contribution is -0.0485. The van der Waals surface area contributed by atoms with Gasteiger partial charge in [-0.15, -0.1) is 0 Å². The molecule has 1 aromatic rings. The third kappa shape index (κ3) is 2.63. The van der Waals surface area contributed by atoms with E-state index in [-0.39, 0.29) is 11.6 Å². The van der Waals surface area contributed by atoms with Crippen LogP contribution in [0.3, 0.4) is 0 Å². The number of hydrogen-bond acceptors (Lipinski definition) is 5. The smallest absolute Gasteiger partial charge is 0.128 e. The van der Waals surface area contributed by atoms with Crippen molar-refractivity contribution in [1.82, 2.24) is 10.4 Å². The number of nitrogens with zero attached hydrogens (tertiary/aromatic N) is 1. The fraction of sp³-hybridized carbons (Fsp3) is 0.615. The summed E-state index contributed by atoms with van der Waals surface area (Å²) in [6.07, 6.45) is 3.42. The number of nitrogen functional groups attached to an aromatic ring is 1. The van der Waals surface area contributed by atoms with Crippen molar-refractivity contribution in [3.63, 3.8) is 0 Å². The van der Waals surface area contributed by atoms with E-state index in [4.69, 9.17) is 16.3 Å². The summed E-state index contributed by atoms with van der Waals surface area (Å²) in [4.78, 5) is 4.19. The van der Waals surface area contributed by atoms with Crippen LogP contribution in [0.5, 0.6) is 0 Å². The van der Waals surface area contributed by atoms with Gasteiger partial charge in [0.25, 0.3) is 0 Å². The molecule has 0 aliphatic rings. The Bertz CT molecular complexity index is 382. The second-order valence-electron chi connectivity index (χ2n) is 4.56. The molecule has 0 aliphatic heterocycles. The molecule has 0 spiro atoms. The van der Waals surface area contributed by atoms with E-state index >= 15 is 0 Å². The summed E-state index contributed by atoms with van der Waals surface area (Å²) in [5.74, 6) is 6.22. The number of hydrazine groups is 1. The standard InChI is InChI=1S/C13H24N4O/c1-5-13(6-2,18-4)11(17-15)10-7-9(3)8-16-12(10)14/h7-8,11,17H,5-6,15H2,1-4H3,(H2,14,16). The van der Waals surface area contributed by atoms with E-state index in [1.165, 1.54) is 0 Å². The highest BCUT2D eigenvalue weighted by molar-refractivity contribution is 5.44. The number of methoxy groups -OCH3 is 1. The number of pyridine rings is 1. The van der Waals surface area contributed by atoms with Gasteiger partial charge in [-0.05, 0) is 31.4 Å². The predicted octanol–water partition coefficient (Wildman–Crippen LogP) is 1.68. The first kappa shape index (κ1) is 14.9. The first-order valence-electron chi connectivity index (χ1n) is 6.27. The average molecular weight is 252 g/mol. The van der Waals surface area contributed by atoms with Crippen LogP contribution in [0.4, 0.5) is 5.82 Å². The van der Waals surface area contributed by atoms with Gasteiger partial charge in [-0.2, -0.15) is 0 Å². The van der Waals surface area contributed by atoms with Crippen molar-refractivity contribution in [2.45, 2.75) is 45.3 Å². The van der Waals surface area contributed by atoms with Crippen LogP contribution in [0.1, 0.15) is 43.9 Å². The SMILES string of the molecule is CCC(CC)(OC)C(NN)c1cc(C)cnc1N. The lowest BCUT2D eigenvalue weighted by Crippen LogP contribution is -2.47. The molecule has 0 saturated carbocycles. The van der Waals surface area contributed by atoms with Crippen molar-refractivity contribution in [3.8, 4) is 0 Å². The fourth-order valence-electron chi connectivity index (χ4n) is 2.42. The zero-order valence-electron chi connectivity index (χ0n) is 11.7. The predicted molar refractivity (Wildman–Crippen MR) is 73.8 cm³/mol. The van der Waals surface area contributed by atoms with Crippen molar-refractivity contribution in [2.75, 3.05) is 12.8 Å². The molecule has 1 atom stereocenters. The van der Waals surface area contributed by atoms with Crippen LogP contribution in [0, 0.1) is 6.92 Å². The number of ether oxygens (including phenoxy) is 1. The van der Waals surface area contributed by atoms with Gasteiger partial charge in [-0.25, -0.2) is 10.4 Å². The van der Waals surface area contributed by atoms with E-state index in [0.717, 1.165) is 24.0 Å². The second kappa shape index (κ2) is 6.13. The highest BCUT2D eigenvalue weighted by atomic mass is 16.5. The second-order valence-corrected chi connectivity index (χ2v) is 4.56. The number of hydrogen-bond donors (Lipinski definition) is 3. The van der Waals surface area contributed by atoms with Crippen LogP contribution in [0.2, 0.25) is 0 Å². The van der Waals surface area contributed by atoms with Crippen LogP contribution in [0.25, 0.3) is 0 Å². The first-order chi connectivity index (χ1) is 8.54. The Labute approximate surface area is 109 Å². The summed E-state index contributed by atoms with van der Waals surface area (Å²) in [5, 5.41) is 0. The number of aromatic nitrogens is 1. The Hall–Kier alpha value is -1.17. The van der Waals surface area contributed by atoms with Gasteiger partial charge in [0, 0.05) is 18.9 Å². The Morgan fingerprint density at radius 1 is 1.44 bits per heavy atom. The summed E-state index contributed by atoms with van der Waals surface area (Å²) < 4.78 is 5.71. The molecule has 5 heteroatoms.